The van der Waals surface area contributed by atoms with E-state index in [2.05, 4.69) is 22.9 Å². The average Bonchev–Trinajstić information content (AvgIpc) is 2.44. The molecule has 1 aliphatic rings. The SMILES string of the molecule is CC1CCCN(C(=O)CN(c2ccc(Br)cc2)S(C)(=O)=O)C1. The van der Waals surface area contributed by atoms with E-state index in [-0.39, 0.29) is 12.5 Å². The van der Waals surface area contributed by atoms with Crippen LogP contribution in [0.1, 0.15) is 19.8 Å². The van der Waals surface area contributed by atoms with Crippen molar-refractivity contribution in [3.05, 3.63) is 28.7 Å². The highest BCUT2D eigenvalue weighted by atomic mass is 79.9. The number of hydrogen-bond acceptors (Lipinski definition) is 3. The molecule has 0 saturated carbocycles. The van der Waals surface area contributed by atoms with Gasteiger partial charge in [-0.3, -0.25) is 9.10 Å². The lowest BCUT2D eigenvalue weighted by Crippen LogP contribution is -2.46. The zero-order chi connectivity index (χ0) is 16.3. The van der Waals surface area contributed by atoms with E-state index >= 15 is 0 Å². The summed E-state index contributed by atoms with van der Waals surface area (Å²) in [7, 11) is -3.51. The summed E-state index contributed by atoms with van der Waals surface area (Å²) in [5, 5.41) is 0. The van der Waals surface area contributed by atoms with Gasteiger partial charge in [0, 0.05) is 17.6 Å². The van der Waals surface area contributed by atoms with Crippen LogP contribution in [0.4, 0.5) is 5.69 Å². The highest BCUT2D eigenvalue weighted by Gasteiger charge is 2.26. The van der Waals surface area contributed by atoms with Crippen LogP contribution in [-0.2, 0) is 14.8 Å². The summed E-state index contributed by atoms with van der Waals surface area (Å²) in [6.45, 7) is 3.38. The molecule has 1 fully saturated rings. The highest BCUT2D eigenvalue weighted by Crippen LogP contribution is 2.22. The Morgan fingerprint density at radius 2 is 2.00 bits per heavy atom. The number of hydrogen-bond donors (Lipinski definition) is 0. The fourth-order valence-corrected chi connectivity index (χ4v) is 3.76. The van der Waals surface area contributed by atoms with Crippen molar-refractivity contribution in [2.24, 2.45) is 5.92 Å². The second kappa shape index (κ2) is 7.00. The summed E-state index contributed by atoms with van der Waals surface area (Å²) >= 11 is 3.32. The molecule has 1 aromatic carbocycles. The first kappa shape index (κ1) is 17.3. The van der Waals surface area contributed by atoms with Gasteiger partial charge in [-0.25, -0.2) is 8.42 Å². The lowest BCUT2D eigenvalue weighted by molar-refractivity contribution is -0.131. The van der Waals surface area contributed by atoms with Gasteiger partial charge in [-0.1, -0.05) is 22.9 Å². The number of rotatable bonds is 4. The lowest BCUT2D eigenvalue weighted by atomic mass is 10.0. The van der Waals surface area contributed by atoms with Gasteiger partial charge in [0.2, 0.25) is 15.9 Å². The van der Waals surface area contributed by atoms with Crippen molar-refractivity contribution in [1.82, 2.24) is 4.90 Å². The number of carbonyl (C=O) groups excluding carboxylic acids is 1. The molecule has 5 nitrogen and oxygen atoms in total. The van der Waals surface area contributed by atoms with E-state index in [1.165, 1.54) is 4.31 Å². The first-order chi connectivity index (χ1) is 10.3. The van der Waals surface area contributed by atoms with E-state index in [0.29, 0.717) is 24.7 Å². The van der Waals surface area contributed by atoms with Gasteiger partial charge in [0.25, 0.3) is 0 Å². The summed E-state index contributed by atoms with van der Waals surface area (Å²) in [4.78, 5) is 14.2. The molecule has 1 heterocycles. The molecule has 1 amide bonds. The molecule has 1 atom stereocenters. The van der Waals surface area contributed by atoms with E-state index in [1.807, 2.05) is 0 Å². The van der Waals surface area contributed by atoms with E-state index in [1.54, 1.807) is 29.2 Å². The Balaban J connectivity index is 2.17. The molecule has 1 saturated heterocycles. The predicted molar refractivity (Wildman–Crippen MR) is 91.3 cm³/mol. The van der Waals surface area contributed by atoms with Crippen LogP contribution in [0, 0.1) is 5.92 Å². The normalized spacial score (nSPS) is 19.0. The van der Waals surface area contributed by atoms with Gasteiger partial charge in [-0.2, -0.15) is 0 Å². The number of amides is 1. The number of likely N-dealkylation sites (tertiary alicyclic amines) is 1. The molecule has 0 spiro atoms. The van der Waals surface area contributed by atoms with Crippen LogP contribution < -0.4 is 4.31 Å². The molecule has 0 bridgehead atoms. The van der Waals surface area contributed by atoms with Crippen molar-refractivity contribution in [2.45, 2.75) is 19.8 Å². The quantitative estimate of drug-likeness (QED) is 0.795. The number of halogens is 1. The molecule has 7 heteroatoms. The number of piperidine rings is 1. The summed E-state index contributed by atoms with van der Waals surface area (Å²) < 4.78 is 26.1. The van der Waals surface area contributed by atoms with Crippen LogP contribution >= 0.6 is 15.9 Å². The van der Waals surface area contributed by atoms with Gasteiger partial charge in [0.05, 0.1) is 11.9 Å². The van der Waals surface area contributed by atoms with Crippen molar-refractivity contribution >= 4 is 37.5 Å². The first-order valence-corrected chi connectivity index (χ1v) is 9.92. The topological polar surface area (TPSA) is 57.7 Å². The van der Waals surface area contributed by atoms with Crippen LogP contribution in [0.15, 0.2) is 28.7 Å². The third-order valence-corrected chi connectivity index (χ3v) is 5.47. The third kappa shape index (κ3) is 4.46. The molecule has 0 aliphatic carbocycles. The van der Waals surface area contributed by atoms with Crippen LogP contribution in [0.25, 0.3) is 0 Å². The second-order valence-corrected chi connectivity index (χ2v) is 8.66. The van der Waals surface area contributed by atoms with Crippen molar-refractivity contribution in [3.8, 4) is 0 Å². The van der Waals surface area contributed by atoms with Crippen LogP contribution in [0.5, 0.6) is 0 Å². The minimum Gasteiger partial charge on any atom is -0.341 e. The fourth-order valence-electron chi connectivity index (χ4n) is 2.65. The smallest absolute Gasteiger partial charge is 0.243 e. The predicted octanol–water partition coefficient (Wildman–Crippen LogP) is 2.47. The Morgan fingerprint density at radius 3 is 2.55 bits per heavy atom. The van der Waals surface area contributed by atoms with Crippen LogP contribution in [0.2, 0.25) is 0 Å². The second-order valence-electron chi connectivity index (χ2n) is 5.83. The Labute approximate surface area is 140 Å². The number of nitrogens with zero attached hydrogens (tertiary/aromatic N) is 2. The molecule has 0 radical (unpaired) electrons. The van der Waals surface area contributed by atoms with Gasteiger partial charge < -0.3 is 4.90 Å². The fraction of sp³-hybridized carbons (Fsp3) is 0.533. The highest BCUT2D eigenvalue weighted by molar-refractivity contribution is 9.10. The zero-order valence-corrected chi connectivity index (χ0v) is 15.2. The molecule has 1 aliphatic heterocycles. The maximum absolute atomic E-state index is 12.5. The number of sulfonamides is 1. The monoisotopic (exact) mass is 388 g/mol. The van der Waals surface area contributed by atoms with Crippen LogP contribution in [0.3, 0.4) is 0 Å². The van der Waals surface area contributed by atoms with Crippen molar-refractivity contribution in [3.63, 3.8) is 0 Å². The maximum Gasteiger partial charge on any atom is 0.243 e. The first-order valence-electron chi connectivity index (χ1n) is 7.28. The Morgan fingerprint density at radius 1 is 1.36 bits per heavy atom. The Hall–Kier alpha value is -1.08. The van der Waals surface area contributed by atoms with Crippen molar-refractivity contribution in [1.29, 1.82) is 0 Å². The molecule has 2 rings (SSSR count). The summed E-state index contributed by atoms with van der Waals surface area (Å²) in [5.41, 5.74) is 0.504. The van der Waals surface area contributed by atoms with E-state index in [4.69, 9.17) is 0 Å². The van der Waals surface area contributed by atoms with E-state index in [9.17, 15) is 13.2 Å². The molecule has 0 N–H and O–H groups in total. The molecular weight excluding hydrogens is 368 g/mol. The van der Waals surface area contributed by atoms with Crippen LogP contribution in [-0.4, -0.2) is 45.1 Å². The maximum atomic E-state index is 12.5. The molecular formula is C15H21BrN2O3S. The van der Waals surface area contributed by atoms with Gasteiger partial charge >= 0.3 is 0 Å². The van der Waals surface area contributed by atoms with Gasteiger partial charge in [-0.15, -0.1) is 0 Å². The molecule has 122 valence electrons. The standard InChI is InChI=1S/C15H21BrN2O3S/c1-12-4-3-9-17(10-12)15(19)11-18(22(2,20)21)14-7-5-13(16)6-8-14/h5-8,12H,3-4,9-11H2,1-2H3. The summed E-state index contributed by atoms with van der Waals surface area (Å²) in [6.07, 6.45) is 3.22. The molecule has 0 aromatic heterocycles. The third-order valence-electron chi connectivity index (χ3n) is 3.80. The minimum atomic E-state index is -3.51. The molecule has 22 heavy (non-hydrogen) atoms. The van der Waals surface area contributed by atoms with Gasteiger partial charge in [0.15, 0.2) is 0 Å². The lowest BCUT2D eigenvalue weighted by Gasteiger charge is -2.33. The number of benzene rings is 1. The molecule has 1 unspecified atom stereocenters. The number of carbonyl (C=O) groups is 1. The average molecular weight is 389 g/mol. The van der Waals surface area contributed by atoms with Gasteiger partial charge in [0.1, 0.15) is 6.54 Å². The molecule has 1 aromatic rings. The van der Waals surface area contributed by atoms with Crippen molar-refractivity contribution < 1.29 is 13.2 Å². The minimum absolute atomic E-state index is 0.139. The summed E-state index contributed by atoms with van der Waals surface area (Å²) in [5.74, 6) is 0.331. The van der Waals surface area contributed by atoms with E-state index < -0.39 is 10.0 Å². The number of anilines is 1. The Kier molecular flexibility index (Phi) is 5.50. The van der Waals surface area contributed by atoms with Crippen molar-refractivity contribution in [2.75, 3.05) is 30.2 Å². The van der Waals surface area contributed by atoms with E-state index in [0.717, 1.165) is 23.6 Å². The Bertz CT molecular complexity index is 631. The largest absolute Gasteiger partial charge is 0.341 e. The summed E-state index contributed by atoms with van der Waals surface area (Å²) in [6, 6.07) is 6.91. The van der Waals surface area contributed by atoms with Gasteiger partial charge in [-0.05, 0) is 43.0 Å². The zero-order valence-electron chi connectivity index (χ0n) is 12.8.